The van der Waals surface area contributed by atoms with Gasteiger partial charge >= 0.3 is 0 Å². The molecule has 14 heavy (non-hydrogen) atoms. The molecule has 0 aromatic heterocycles. The molecule has 0 radical (unpaired) electrons. The van der Waals surface area contributed by atoms with E-state index in [1.54, 1.807) is 0 Å². The van der Waals surface area contributed by atoms with Crippen LogP contribution in [0.1, 0.15) is 23.6 Å². The topological polar surface area (TPSA) is 29.1 Å². The van der Waals surface area contributed by atoms with Gasteiger partial charge in [-0.3, -0.25) is 4.79 Å². The van der Waals surface area contributed by atoms with Crippen LogP contribution in [0.5, 0.6) is 0 Å². The van der Waals surface area contributed by atoms with Crippen LogP contribution in [0.3, 0.4) is 0 Å². The van der Waals surface area contributed by atoms with Gasteiger partial charge < -0.3 is 5.32 Å². The Bertz CT molecular complexity index is 380. The molecule has 1 aromatic rings. The summed E-state index contributed by atoms with van der Waals surface area (Å²) in [7, 11) is 0. The predicted octanol–water partition coefficient (Wildman–Crippen LogP) is 2.41. The second-order valence-electron chi connectivity index (χ2n) is 3.46. The minimum absolute atomic E-state index is 0.0896. The Morgan fingerprint density at radius 1 is 1.29 bits per heavy atom. The van der Waals surface area contributed by atoms with Crippen molar-refractivity contribution in [2.24, 2.45) is 0 Å². The van der Waals surface area contributed by atoms with Crippen molar-refractivity contribution in [3.8, 4) is 0 Å². The number of carbonyl (C=O) groups excluding carboxylic acids is 1. The average Bonchev–Trinajstić information content (AvgIpc) is 2.08. The second-order valence-corrected chi connectivity index (χ2v) is 3.46. The lowest BCUT2D eigenvalue weighted by molar-refractivity contribution is -0.117. The molecule has 1 N–H and O–H groups in total. The molecular formula is C12H15NO. The maximum Gasteiger partial charge on any atom is 0.221 e. The molecule has 0 unspecified atom stereocenters. The van der Waals surface area contributed by atoms with Crippen LogP contribution in [-0.2, 0) is 4.79 Å². The van der Waals surface area contributed by atoms with E-state index >= 15 is 0 Å². The number of rotatable bonds is 2. The van der Waals surface area contributed by atoms with Gasteiger partial charge in [0.25, 0.3) is 0 Å². The fourth-order valence-electron chi connectivity index (χ4n) is 1.21. The summed E-state index contributed by atoms with van der Waals surface area (Å²) in [4.78, 5) is 10.8. The first-order valence-electron chi connectivity index (χ1n) is 4.55. The van der Waals surface area contributed by atoms with Crippen molar-refractivity contribution in [1.82, 2.24) is 5.32 Å². The van der Waals surface area contributed by atoms with E-state index in [2.05, 4.69) is 18.8 Å². The number of carbonyl (C=O) groups is 1. The number of hydrogen-bond acceptors (Lipinski definition) is 1. The summed E-state index contributed by atoms with van der Waals surface area (Å²) < 4.78 is 0. The molecule has 1 amide bonds. The van der Waals surface area contributed by atoms with Crippen LogP contribution in [0.4, 0.5) is 0 Å². The van der Waals surface area contributed by atoms with Crippen LogP contribution in [0.25, 0.3) is 5.70 Å². The van der Waals surface area contributed by atoms with Gasteiger partial charge in [-0.05, 0) is 36.6 Å². The maximum atomic E-state index is 10.8. The Morgan fingerprint density at radius 3 is 2.43 bits per heavy atom. The first kappa shape index (κ1) is 10.5. The number of hydrogen-bond donors (Lipinski definition) is 1. The van der Waals surface area contributed by atoms with Crippen molar-refractivity contribution in [3.63, 3.8) is 0 Å². The normalized spacial score (nSPS) is 9.64. The van der Waals surface area contributed by atoms with Crippen molar-refractivity contribution in [1.29, 1.82) is 0 Å². The van der Waals surface area contributed by atoms with Crippen molar-refractivity contribution in [2.45, 2.75) is 20.8 Å². The fourth-order valence-corrected chi connectivity index (χ4v) is 1.21. The first-order chi connectivity index (χ1) is 6.50. The number of benzene rings is 1. The summed E-state index contributed by atoms with van der Waals surface area (Å²) in [6.45, 7) is 9.38. The zero-order chi connectivity index (χ0) is 10.7. The fraction of sp³-hybridized carbons (Fsp3) is 0.250. The number of amides is 1. The van der Waals surface area contributed by atoms with Crippen LogP contribution in [0, 0.1) is 13.8 Å². The molecule has 0 spiro atoms. The molecule has 2 heteroatoms. The third kappa shape index (κ3) is 2.46. The van der Waals surface area contributed by atoms with E-state index in [1.165, 1.54) is 18.1 Å². The summed E-state index contributed by atoms with van der Waals surface area (Å²) in [5.41, 5.74) is 4.06. The van der Waals surface area contributed by atoms with E-state index in [0.29, 0.717) is 5.70 Å². The smallest absolute Gasteiger partial charge is 0.221 e. The van der Waals surface area contributed by atoms with Crippen LogP contribution in [0.2, 0.25) is 0 Å². The zero-order valence-electron chi connectivity index (χ0n) is 8.85. The van der Waals surface area contributed by atoms with E-state index in [-0.39, 0.29) is 5.91 Å². The molecule has 0 saturated carbocycles. The Morgan fingerprint density at radius 2 is 1.93 bits per heavy atom. The highest BCUT2D eigenvalue weighted by Gasteiger charge is 2.01. The SMILES string of the molecule is C=C(NC(C)=O)c1ccc(C)c(C)c1. The van der Waals surface area contributed by atoms with Crippen LogP contribution in [0.15, 0.2) is 24.8 Å². The van der Waals surface area contributed by atoms with Gasteiger partial charge in [-0.15, -0.1) is 0 Å². The lowest BCUT2D eigenvalue weighted by Gasteiger charge is -2.08. The molecule has 0 aliphatic carbocycles. The Labute approximate surface area is 84.6 Å². The van der Waals surface area contributed by atoms with Gasteiger partial charge in [0.15, 0.2) is 0 Å². The summed E-state index contributed by atoms with van der Waals surface area (Å²) in [6.07, 6.45) is 0. The maximum absolute atomic E-state index is 10.8. The van der Waals surface area contributed by atoms with Gasteiger partial charge in [-0.1, -0.05) is 18.7 Å². The minimum atomic E-state index is -0.0896. The highest BCUT2D eigenvalue weighted by molar-refractivity contribution is 5.84. The molecule has 1 aromatic carbocycles. The lowest BCUT2D eigenvalue weighted by Crippen LogP contribution is -2.17. The van der Waals surface area contributed by atoms with Gasteiger partial charge in [0.1, 0.15) is 0 Å². The van der Waals surface area contributed by atoms with Crippen LogP contribution in [-0.4, -0.2) is 5.91 Å². The Balaban J connectivity index is 2.91. The van der Waals surface area contributed by atoms with Crippen LogP contribution >= 0.6 is 0 Å². The molecule has 0 bridgehead atoms. The molecule has 1 rings (SSSR count). The lowest BCUT2D eigenvalue weighted by atomic mass is 10.0. The summed E-state index contributed by atoms with van der Waals surface area (Å²) >= 11 is 0. The van der Waals surface area contributed by atoms with E-state index < -0.39 is 0 Å². The summed E-state index contributed by atoms with van der Waals surface area (Å²) in [5.74, 6) is -0.0896. The van der Waals surface area contributed by atoms with Gasteiger partial charge in [0, 0.05) is 12.6 Å². The van der Waals surface area contributed by atoms with Crippen molar-refractivity contribution in [2.75, 3.05) is 0 Å². The average molecular weight is 189 g/mol. The van der Waals surface area contributed by atoms with Crippen molar-refractivity contribution < 1.29 is 4.79 Å². The molecule has 74 valence electrons. The molecule has 0 aliphatic rings. The minimum Gasteiger partial charge on any atom is -0.326 e. The van der Waals surface area contributed by atoms with Gasteiger partial charge in [-0.2, -0.15) is 0 Å². The van der Waals surface area contributed by atoms with Gasteiger partial charge in [0.2, 0.25) is 5.91 Å². The molecule has 0 heterocycles. The molecular weight excluding hydrogens is 174 g/mol. The standard InChI is InChI=1S/C12H15NO/c1-8-5-6-12(7-9(8)2)10(3)13-11(4)14/h5-7H,3H2,1-2,4H3,(H,13,14). The molecule has 0 atom stereocenters. The van der Waals surface area contributed by atoms with E-state index in [4.69, 9.17) is 0 Å². The predicted molar refractivity (Wildman–Crippen MR) is 58.8 cm³/mol. The summed E-state index contributed by atoms with van der Waals surface area (Å²) in [5, 5.41) is 2.67. The first-order valence-corrected chi connectivity index (χ1v) is 4.55. The summed E-state index contributed by atoms with van der Waals surface area (Å²) in [6, 6.07) is 6.01. The molecule has 0 fully saturated rings. The van der Waals surface area contributed by atoms with Crippen molar-refractivity contribution >= 4 is 11.6 Å². The van der Waals surface area contributed by atoms with Gasteiger partial charge in [0.05, 0.1) is 0 Å². The number of aryl methyl sites for hydroxylation is 2. The largest absolute Gasteiger partial charge is 0.326 e. The van der Waals surface area contributed by atoms with E-state index in [9.17, 15) is 4.79 Å². The zero-order valence-corrected chi connectivity index (χ0v) is 8.85. The Kier molecular flexibility index (Phi) is 3.07. The monoisotopic (exact) mass is 189 g/mol. The number of nitrogens with one attached hydrogen (secondary N) is 1. The van der Waals surface area contributed by atoms with Crippen LogP contribution < -0.4 is 5.32 Å². The van der Waals surface area contributed by atoms with E-state index in [0.717, 1.165) is 5.56 Å². The van der Waals surface area contributed by atoms with E-state index in [1.807, 2.05) is 25.1 Å². The third-order valence-electron chi connectivity index (χ3n) is 2.18. The molecule has 2 nitrogen and oxygen atoms in total. The van der Waals surface area contributed by atoms with Gasteiger partial charge in [-0.25, -0.2) is 0 Å². The molecule has 0 aliphatic heterocycles. The highest BCUT2D eigenvalue weighted by Crippen LogP contribution is 2.14. The Hall–Kier alpha value is -1.57. The highest BCUT2D eigenvalue weighted by atomic mass is 16.1. The quantitative estimate of drug-likeness (QED) is 0.760. The molecule has 0 saturated heterocycles. The van der Waals surface area contributed by atoms with Crippen molar-refractivity contribution in [3.05, 3.63) is 41.5 Å². The second kappa shape index (κ2) is 4.09. The third-order valence-corrected chi connectivity index (χ3v) is 2.18.